The number of nitro benzene ring substituents is 1. The number of aromatic nitrogens is 2. The first-order valence-electron chi connectivity index (χ1n) is 7.80. The molecule has 2 amide bonds. The molecule has 26 heavy (non-hydrogen) atoms. The van der Waals surface area contributed by atoms with Gasteiger partial charge in [0.05, 0.1) is 27.7 Å². The van der Waals surface area contributed by atoms with Crippen LogP contribution >= 0.6 is 11.6 Å². The van der Waals surface area contributed by atoms with E-state index in [0.717, 1.165) is 11.8 Å². The van der Waals surface area contributed by atoms with Crippen LogP contribution in [0, 0.1) is 16.0 Å². The molecule has 0 saturated carbocycles. The standard InChI is InChI=1S/C16H18ClN5O4/c1-9(2)14(16(24)18-8-10-5-6-19-21-10)20-15(23)12-4-3-11(22(25)26)7-13(12)17/h3-7,9,14H,8H2,1-2H3,(H,18,24)(H,19,21)(H,20,23)/t14-/m1/s1. The Hall–Kier alpha value is -2.94. The lowest BCUT2D eigenvalue weighted by Gasteiger charge is -2.21. The summed E-state index contributed by atoms with van der Waals surface area (Å²) < 4.78 is 0. The third-order valence-corrected chi connectivity index (χ3v) is 3.97. The van der Waals surface area contributed by atoms with Crippen molar-refractivity contribution in [1.82, 2.24) is 20.8 Å². The first-order valence-corrected chi connectivity index (χ1v) is 8.18. The van der Waals surface area contributed by atoms with E-state index in [-0.39, 0.29) is 34.6 Å². The van der Waals surface area contributed by atoms with E-state index in [0.29, 0.717) is 0 Å². The summed E-state index contributed by atoms with van der Waals surface area (Å²) in [6.07, 6.45) is 1.57. The molecule has 0 fully saturated rings. The molecule has 10 heteroatoms. The predicted molar refractivity (Wildman–Crippen MR) is 94.6 cm³/mol. The second-order valence-electron chi connectivity index (χ2n) is 5.92. The third-order valence-electron chi connectivity index (χ3n) is 3.66. The van der Waals surface area contributed by atoms with Crippen LogP contribution in [0.25, 0.3) is 0 Å². The molecule has 0 radical (unpaired) electrons. The molecule has 1 aromatic carbocycles. The third kappa shape index (κ3) is 4.79. The molecular formula is C16H18ClN5O4. The summed E-state index contributed by atoms with van der Waals surface area (Å²) in [6, 6.07) is 4.47. The fourth-order valence-corrected chi connectivity index (χ4v) is 2.49. The van der Waals surface area contributed by atoms with Gasteiger partial charge in [-0.1, -0.05) is 25.4 Å². The van der Waals surface area contributed by atoms with E-state index in [1.165, 1.54) is 12.1 Å². The summed E-state index contributed by atoms with van der Waals surface area (Å²) in [7, 11) is 0. The van der Waals surface area contributed by atoms with Crippen LogP contribution in [0.1, 0.15) is 29.9 Å². The van der Waals surface area contributed by atoms with Crippen molar-refractivity contribution in [1.29, 1.82) is 0 Å². The van der Waals surface area contributed by atoms with Crippen molar-refractivity contribution < 1.29 is 14.5 Å². The van der Waals surface area contributed by atoms with Crippen molar-refractivity contribution >= 4 is 29.1 Å². The molecule has 0 saturated heterocycles. The van der Waals surface area contributed by atoms with Gasteiger partial charge in [0.25, 0.3) is 11.6 Å². The normalized spacial score (nSPS) is 11.8. The Morgan fingerprint density at radius 1 is 1.35 bits per heavy atom. The van der Waals surface area contributed by atoms with E-state index in [9.17, 15) is 19.7 Å². The van der Waals surface area contributed by atoms with Gasteiger partial charge in [0.15, 0.2) is 0 Å². The minimum Gasteiger partial charge on any atom is -0.349 e. The zero-order valence-electron chi connectivity index (χ0n) is 14.2. The summed E-state index contributed by atoms with van der Waals surface area (Å²) in [6.45, 7) is 3.83. The molecule has 2 rings (SSSR count). The Morgan fingerprint density at radius 3 is 2.62 bits per heavy atom. The number of rotatable bonds is 7. The number of non-ortho nitro benzene ring substituents is 1. The largest absolute Gasteiger partial charge is 0.349 e. The van der Waals surface area contributed by atoms with E-state index in [2.05, 4.69) is 20.8 Å². The molecule has 1 aromatic heterocycles. The van der Waals surface area contributed by atoms with Crippen LogP contribution in [0.3, 0.4) is 0 Å². The van der Waals surface area contributed by atoms with Gasteiger partial charge in [-0.05, 0) is 18.1 Å². The van der Waals surface area contributed by atoms with Gasteiger partial charge in [0.1, 0.15) is 6.04 Å². The number of carbonyl (C=O) groups is 2. The summed E-state index contributed by atoms with van der Waals surface area (Å²) in [5, 5.41) is 22.5. The first-order chi connectivity index (χ1) is 12.3. The number of nitrogens with zero attached hydrogens (tertiary/aromatic N) is 2. The topological polar surface area (TPSA) is 130 Å². The zero-order valence-corrected chi connectivity index (χ0v) is 14.9. The fourth-order valence-electron chi connectivity index (χ4n) is 2.23. The lowest BCUT2D eigenvalue weighted by molar-refractivity contribution is -0.384. The van der Waals surface area contributed by atoms with E-state index in [1.54, 1.807) is 26.1 Å². The number of carbonyl (C=O) groups excluding carboxylic acids is 2. The maximum atomic E-state index is 12.4. The molecule has 2 aromatic rings. The fraction of sp³-hybridized carbons (Fsp3) is 0.312. The van der Waals surface area contributed by atoms with Crippen LogP contribution in [-0.2, 0) is 11.3 Å². The van der Waals surface area contributed by atoms with Crippen molar-refractivity contribution in [3.05, 3.63) is 56.9 Å². The second-order valence-corrected chi connectivity index (χ2v) is 6.32. The molecule has 3 N–H and O–H groups in total. The number of amides is 2. The van der Waals surface area contributed by atoms with Crippen molar-refractivity contribution in [2.45, 2.75) is 26.4 Å². The molecule has 9 nitrogen and oxygen atoms in total. The minimum absolute atomic E-state index is 0.0583. The molecule has 0 spiro atoms. The summed E-state index contributed by atoms with van der Waals surface area (Å²) in [4.78, 5) is 35.0. The maximum absolute atomic E-state index is 12.4. The number of nitro groups is 1. The van der Waals surface area contributed by atoms with Gasteiger partial charge in [0.2, 0.25) is 5.91 Å². The van der Waals surface area contributed by atoms with Gasteiger partial charge < -0.3 is 10.6 Å². The van der Waals surface area contributed by atoms with Gasteiger partial charge >= 0.3 is 0 Å². The van der Waals surface area contributed by atoms with Crippen molar-refractivity contribution in [3.8, 4) is 0 Å². The Kier molecular flexibility index (Phi) is 6.29. The molecule has 0 unspecified atom stereocenters. The molecular weight excluding hydrogens is 362 g/mol. The van der Waals surface area contributed by atoms with Crippen LogP contribution in [-0.4, -0.2) is 33.0 Å². The molecule has 0 aliphatic rings. The lowest BCUT2D eigenvalue weighted by Crippen LogP contribution is -2.49. The molecule has 1 heterocycles. The highest BCUT2D eigenvalue weighted by atomic mass is 35.5. The Bertz CT molecular complexity index is 807. The number of benzene rings is 1. The number of halogens is 1. The highest BCUT2D eigenvalue weighted by Gasteiger charge is 2.26. The minimum atomic E-state index is -0.795. The molecule has 1 atom stereocenters. The SMILES string of the molecule is CC(C)[C@@H](NC(=O)c1ccc([N+](=O)[O-])cc1Cl)C(=O)NCc1ccn[nH]1. The first kappa shape index (κ1) is 19.4. The molecule has 0 bridgehead atoms. The summed E-state index contributed by atoms with van der Waals surface area (Å²) >= 11 is 5.96. The van der Waals surface area contributed by atoms with Gasteiger partial charge in [-0.3, -0.25) is 24.8 Å². The smallest absolute Gasteiger partial charge is 0.270 e. The van der Waals surface area contributed by atoms with E-state index < -0.39 is 16.9 Å². The zero-order chi connectivity index (χ0) is 19.3. The van der Waals surface area contributed by atoms with Crippen molar-refractivity contribution in [2.75, 3.05) is 0 Å². The van der Waals surface area contributed by atoms with Gasteiger partial charge in [-0.25, -0.2) is 0 Å². The number of H-pyrrole nitrogens is 1. The highest BCUT2D eigenvalue weighted by molar-refractivity contribution is 6.34. The van der Waals surface area contributed by atoms with Gasteiger partial charge in [0, 0.05) is 18.3 Å². The molecule has 0 aliphatic heterocycles. The van der Waals surface area contributed by atoms with Crippen LogP contribution in [0.2, 0.25) is 5.02 Å². The molecule has 0 aliphatic carbocycles. The highest BCUT2D eigenvalue weighted by Crippen LogP contribution is 2.22. The quantitative estimate of drug-likeness (QED) is 0.500. The Balaban J connectivity index is 2.07. The van der Waals surface area contributed by atoms with Crippen LogP contribution in [0.4, 0.5) is 5.69 Å². The van der Waals surface area contributed by atoms with Crippen LogP contribution < -0.4 is 10.6 Å². The number of hydrogen-bond donors (Lipinski definition) is 3. The Labute approximate surface area is 154 Å². The van der Waals surface area contributed by atoms with Gasteiger partial charge in [-0.2, -0.15) is 5.10 Å². The van der Waals surface area contributed by atoms with Crippen LogP contribution in [0.5, 0.6) is 0 Å². The average molecular weight is 380 g/mol. The van der Waals surface area contributed by atoms with Crippen LogP contribution in [0.15, 0.2) is 30.5 Å². The van der Waals surface area contributed by atoms with Crippen molar-refractivity contribution in [2.24, 2.45) is 5.92 Å². The van der Waals surface area contributed by atoms with E-state index in [1.807, 2.05) is 0 Å². The second kappa shape index (κ2) is 8.43. The summed E-state index contributed by atoms with van der Waals surface area (Å²) in [5.74, 6) is -1.13. The Morgan fingerprint density at radius 2 is 2.08 bits per heavy atom. The maximum Gasteiger partial charge on any atom is 0.270 e. The van der Waals surface area contributed by atoms with Crippen molar-refractivity contribution in [3.63, 3.8) is 0 Å². The monoisotopic (exact) mass is 379 g/mol. The number of hydrogen-bond acceptors (Lipinski definition) is 5. The average Bonchev–Trinajstić information content (AvgIpc) is 3.10. The number of aromatic amines is 1. The predicted octanol–water partition coefficient (Wildman–Crippen LogP) is 2.04. The van der Waals surface area contributed by atoms with E-state index >= 15 is 0 Å². The van der Waals surface area contributed by atoms with E-state index in [4.69, 9.17) is 11.6 Å². The van der Waals surface area contributed by atoms with Gasteiger partial charge in [-0.15, -0.1) is 0 Å². The molecule has 138 valence electrons. The number of nitrogens with one attached hydrogen (secondary N) is 3. The lowest BCUT2D eigenvalue weighted by atomic mass is 10.0. The summed E-state index contributed by atoms with van der Waals surface area (Å²) in [5.41, 5.74) is 0.569.